The Kier molecular flexibility index (Phi) is 12.1. The lowest BCUT2D eigenvalue weighted by Gasteiger charge is -2.38. The van der Waals surface area contributed by atoms with Gasteiger partial charge in [0.15, 0.2) is 6.29 Å². The molecule has 0 aromatic heterocycles. The number of rotatable bonds is 13. The second-order valence-electron chi connectivity index (χ2n) is 13.6. The lowest BCUT2D eigenvalue weighted by atomic mass is 9.99. The van der Waals surface area contributed by atoms with Crippen LogP contribution in [-0.2, 0) is 29.2 Å². The molecular weight excluding hydrogens is 675 g/mol. The Hall–Kier alpha value is -5.77. The van der Waals surface area contributed by atoms with Gasteiger partial charge in [-0.2, -0.15) is 0 Å². The van der Waals surface area contributed by atoms with E-state index in [4.69, 9.17) is 14.2 Å². The highest BCUT2D eigenvalue weighted by molar-refractivity contribution is 5.89. The third-order valence-corrected chi connectivity index (χ3v) is 9.41. The van der Waals surface area contributed by atoms with E-state index in [0.29, 0.717) is 18.0 Å². The average molecular weight is 720 g/mol. The molecule has 1 saturated heterocycles. The van der Waals surface area contributed by atoms with E-state index in [1.54, 1.807) is 0 Å². The molecule has 0 aliphatic carbocycles. The van der Waals surface area contributed by atoms with Gasteiger partial charge < -0.3 is 30.0 Å². The molecule has 3 atom stereocenters. The van der Waals surface area contributed by atoms with Crippen LogP contribution in [0.1, 0.15) is 46.6 Å². The molecule has 3 N–H and O–H groups in total. The number of para-hydroxylation sites is 1. The smallest absolute Gasteiger partial charge is 0.319 e. The van der Waals surface area contributed by atoms with Crippen molar-refractivity contribution in [3.05, 3.63) is 186 Å². The Labute approximate surface area is 317 Å². The summed E-state index contributed by atoms with van der Waals surface area (Å²) in [6.07, 6.45) is -0.0112. The van der Waals surface area contributed by atoms with E-state index < -0.39 is 6.29 Å². The number of carbonyl (C=O) groups is 1. The van der Waals surface area contributed by atoms with Crippen LogP contribution < -0.4 is 15.4 Å². The highest BCUT2D eigenvalue weighted by atomic mass is 16.7. The van der Waals surface area contributed by atoms with E-state index in [-0.39, 0.29) is 24.8 Å². The Morgan fingerprint density at radius 2 is 1.37 bits per heavy atom. The van der Waals surface area contributed by atoms with E-state index in [0.717, 1.165) is 58.6 Å². The minimum Gasteiger partial charge on any atom is -0.457 e. The largest absolute Gasteiger partial charge is 0.457 e. The number of ether oxygens (including phenoxy) is 3. The van der Waals surface area contributed by atoms with Gasteiger partial charge >= 0.3 is 6.03 Å². The molecule has 0 saturated carbocycles. The zero-order valence-electron chi connectivity index (χ0n) is 30.3. The van der Waals surface area contributed by atoms with Crippen LogP contribution in [0, 0.1) is 0 Å². The van der Waals surface area contributed by atoms with Gasteiger partial charge in [-0.3, -0.25) is 4.90 Å². The Morgan fingerprint density at radius 3 is 2.09 bits per heavy atom. The number of nitrogens with one attached hydrogen (secondary N) is 2. The molecule has 0 radical (unpaired) electrons. The number of aliphatic hydroxyl groups is 1. The third kappa shape index (κ3) is 10.0. The van der Waals surface area contributed by atoms with Crippen LogP contribution in [0.2, 0.25) is 0 Å². The molecule has 7 rings (SSSR count). The molecule has 1 aliphatic rings. The number of nitrogens with zero attached hydrogens (tertiary/aromatic N) is 1. The Balaban J connectivity index is 0.972. The zero-order chi connectivity index (χ0) is 37.1. The quantitative estimate of drug-likeness (QED) is 0.110. The molecule has 0 unspecified atom stereocenters. The molecular formula is C46H45N3O5. The minimum atomic E-state index is -0.535. The monoisotopic (exact) mass is 719 g/mol. The van der Waals surface area contributed by atoms with Gasteiger partial charge in [-0.25, -0.2) is 4.79 Å². The van der Waals surface area contributed by atoms with Crippen LogP contribution in [0.3, 0.4) is 0 Å². The first-order chi connectivity index (χ1) is 26.5. The van der Waals surface area contributed by atoms with Crippen molar-refractivity contribution in [2.24, 2.45) is 0 Å². The molecule has 6 aromatic carbocycles. The molecule has 274 valence electrons. The second kappa shape index (κ2) is 17.8. The summed E-state index contributed by atoms with van der Waals surface area (Å²) in [6.45, 7) is 1.97. The minimum absolute atomic E-state index is 0.00710. The first-order valence-electron chi connectivity index (χ1n) is 18.3. The van der Waals surface area contributed by atoms with Crippen LogP contribution in [-0.4, -0.2) is 35.7 Å². The van der Waals surface area contributed by atoms with E-state index in [9.17, 15) is 9.90 Å². The lowest BCUT2D eigenvalue weighted by molar-refractivity contribution is -0.252. The maximum Gasteiger partial charge on any atom is 0.319 e. The molecule has 1 aliphatic heterocycles. The van der Waals surface area contributed by atoms with Gasteiger partial charge in [0.1, 0.15) is 11.5 Å². The van der Waals surface area contributed by atoms with E-state index in [1.165, 1.54) is 5.56 Å². The fourth-order valence-corrected chi connectivity index (χ4v) is 6.62. The summed E-state index contributed by atoms with van der Waals surface area (Å²) < 4.78 is 19.1. The highest BCUT2D eigenvalue weighted by Gasteiger charge is 2.32. The molecule has 8 heteroatoms. The first kappa shape index (κ1) is 36.6. The number of hydrogen-bond donors (Lipinski definition) is 3. The summed E-state index contributed by atoms with van der Waals surface area (Å²) in [5, 5.41) is 15.4. The van der Waals surface area contributed by atoms with Gasteiger partial charge in [0.05, 0.1) is 18.8 Å². The van der Waals surface area contributed by atoms with Crippen molar-refractivity contribution in [1.82, 2.24) is 10.2 Å². The fourth-order valence-electron chi connectivity index (χ4n) is 6.62. The van der Waals surface area contributed by atoms with Gasteiger partial charge in [0.25, 0.3) is 0 Å². The van der Waals surface area contributed by atoms with Crippen molar-refractivity contribution in [3.63, 3.8) is 0 Å². The predicted octanol–water partition coefficient (Wildman–Crippen LogP) is 9.64. The summed E-state index contributed by atoms with van der Waals surface area (Å²) in [5.41, 5.74) is 7.89. The van der Waals surface area contributed by atoms with Crippen molar-refractivity contribution in [2.75, 3.05) is 18.9 Å². The SMILES string of the molecule is CN(Cc1ccccc1)C[C@H]1C[C@@H](c2ccc(CO)cc2)O[C@@H](c2ccc(-c3cccc(CNC(=O)Nc4ccc(Oc5ccccc5)cc4)c3)cc2)O1. The van der Waals surface area contributed by atoms with Crippen molar-refractivity contribution < 1.29 is 24.1 Å². The molecule has 0 bridgehead atoms. The van der Waals surface area contributed by atoms with Crippen LogP contribution >= 0.6 is 0 Å². The van der Waals surface area contributed by atoms with E-state index >= 15 is 0 Å². The van der Waals surface area contributed by atoms with Gasteiger partial charge in [-0.05, 0) is 82.9 Å². The number of likely N-dealkylation sites (N-methyl/N-ethyl adjacent to an activating group) is 1. The Morgan fingerprint density at radius 1 is 0.704 bits per heavy atom. The van der Waals surface area contributed by atoms with Crippen molar-refractivity contribution in [2.45, 2.75) is 44.6 Å². The van der Waals surface area contributed by atoms with Crippen LogP contribution in [0.4, 0.5) is 10.5 Å². The fraction of sp³-hybridized carbons (Fsp3) is 0.196. The summed E-state index contributed by atoms with van der Waals surface area (Å²) in [6, 6.07) is 51.4. The first-order valence-corrected chi connectivity index (χ1v) is 18.3. The normalized spacial score (nSPS) is 16.8. The number of amides is 2. The summed E-state index contributed by atoms with van der Waals surface area (Å²) in [5.74, 6) is 1.45. The average Bonchev–Trinajstić information content (AvgIpc) is 3.21. The standard InChI is InChI=1S/C46H45N3O5/c1-49(30-33-9-4-2-5-10-33)31-43-28-44(37-17-15-34(32-50)16-18-37)54-45(53-43)38-21-19-36(20-22-38)39-12-8-11-35(27-39)29-47-46(51)48-40-23-25-42(26-24-40)52-41-13-6-3-7-14-41/h2-27,43-45,50H,28-32H2,1H3,(H2,47,48,51)/t43-,44+,45+/m1/s1. The molecule has 1 heterocycles. The number of benzene rings is 6. The van der Waals surface area contributed by atoms with Gasteiger partial charge in [-0.1, -0.05) is 115 Å². The molecule has 1 fully saturated rings. The van der Waals surface area contributed by atoms with Gasteiger partial charge in [-0.15, -0.1) is 0 Å². The Bertz CT molecular complexity index is 2070. The molecule has 8 nitrogen and oxygen atoms in total. The summed E-state index contributed by atoms with van der Waals surface area (Å²) >= 11 is 0. The van der Waals surface area contributed by atoms with E-state index in [1.807, 2.05) is 97.1 Å². The maximum atomic E-state index is 12.7. The number of urea groups is 1. The highest BCUT2D eigenvalue weighted by Crippen LogP contribution is 2.39. The van der Waals surface area contributed by atoms with Gasteiger partial charge in [0, 0.05) is 37.3 Å². The topological polar surface area (TPSA) is 92.3 Å². The molecule has 54 heavy (non-hydrogen) atoms. The number of carbonyl (C=O) groups excluding carboxylic acids is 1. The second-order valence-corrected chi connectivity index (χ2v) is 13.6. The summed E-state index contributed by atoms with van der Waals surface area (Å²) in [4.78, 5) is 15.0. The third-order valence-electron chi connectivity index (χ3n) is 9.41. The zero-order valence-corrected chi connectivity index (χ0v) is 30.3. The van der Waals surface area contributed by atoms with E-state index in [2.05, 4.69) is 83.2 Å². The number of hydrogen-bond acceptors (Lipinski definition) is 6. The molecule has 6 aromatic rings. The molecule has 0 spiro atoms. The summed E-state index contributed by atoms with van der Waals surface area (Å²) in [7, 11) is 2.12. The van der Waals surface area contributed by atoms with Crippen molar-refractivity contribution in [3.8, 4) is 22.6 Å². The van der Waals surface area contributed by atoms with Crippen molar-refractivity contribution in [1.29, 1.82) is 0 Å². The number of anilines is 1. The predicted molar refractivity (Wildman–Crippen MR) is 212 cm³/mol. The van der Waals surface area contributed by atoms with Crippen LogP contribution in [0.15, 0.2) is 158 Å². The lowest BCUT2D eigenvalue weighted by Crippen LogP contribution is -2.37. The van der Waals surface area contributed by atoms with Crippen LogP contribution in [0.5, 0.6) is 11.5 Å². The maximum absolute atomic E-state index is 12.7. The van der Waals surface area contributed by atoms with Crippen molar-refractivity contribution >= 4 is 11.7 Å². The molecule has 2 amide bonds. The van der Waals surface area contributed by atoms with Gasteiger partial charge in [0.2, 0.25) is 0 Å². The van der Waals surface area contributed by atoms with Crippen LogP contribution in [0.25, 0.3) is 11.1 Å². The number of aliphatic hydroxyl groups excluding tert-OH is 1.